The fourth-order valence-electron chi connectivity index (χ4n) is 3.43. The normalized spacial score (nSPS) is 10.7. The average molecular weight is 399 g/mol. The lowest BCUT2D eigenvalue weighted by atomic mass is 9.97. The molecule has 1 nitrogen and oxygen atoms in total. The third-order valence-corrected chi connectivity index (χ3v) is 5.36. The molecule has 0 unspecified atom stereocenters. The fraction of sp³-hybridized carbons (Fsp3) is 0.111. The summed E-state index contributed by atoms with van der Waals surface area (Å²) in [6.45, 7) is 4.76. The second kappa shape index (κ2) is 8.55. The van der Waals surface area contributed by atoms with Gasteiger partial charge in [-0.15, -0.1) is 0 Å². The molecule has 144 valence electrons. The van der Waals surface area contributed by atoms with Crippen LogP contribution in [0, 0.1) is 6.92 Å². The van der Waals surface area contributed by atoms with E-state index in [-0.39, 0.29) is 0 Å². The molecule has 0 aliphatic carbocycles. The van der Waals surface area contributed by atoms with Crippen molar-refractivity contribution in [2.24, 2.45) is 0 Å². The highest BCUT2D eigenvalue weighted by Crippen LogP contribution is 2.33. The van der Waals surface area contributed by atoms with Gasteiger partial charge < -0.3 is 4.74 Å². The van der Waals surface area contributed by atoms with Crippen LogP contribution in [-0.4, -0.2) is 6.61 Å². The summed E-state index contributed by atoms with van der Waals surface area (Å²) in [6, 6.07) is 31.5. The van der Waals surface area contributed by atoms with E-state index < -0.39 is 0 Å². The Labute approximate surface area is 177 Å². The van der Waals surface area contributed by atoms with Crippen LogP contribution in [0.25, 0.3) is 33.4 Å². The molecule has 0 heterocycles. The standard InChI is InChI=1S/C27H23ClO/c1-3-29-25-15-12-21(13-16-25)20-8-10-23(11-9-20)26-17-14-24(18-27(26)28)22-6-4-19(2)5-7-22/h4-18H,3H2,1-2H3. The van der Waals surface area contributed by atoms with Crippen LogP contribution in [0.5, 0.6) is 5.75 Å². The SMILES string of the molecule is CCOc1ccc(-c2ccc(-c3ccc(-c4ccc(C)cc4)cc3Cl)cc2)cc1. The van der Waals surface area contributed by atoms with Crippen molar-refractivity contribution in [2.45, 2.75) is 13.8 Å². The maximum Gasteiger partial charge on any atom is 0.119 e. The lowest BCUT2D eigenvalue weighted by molar-refractivity contribution is 0.340. The lowest BCUT2D eigenvalue weighted by Crippen LogP contribution is -1.90. The largest absolute Gasteiger partial charge is 0.494 e. The molecule has 4 aromatic carbocycles. The van der Waals surface area contributed by atoms with Crippen molar-refractivity contribution in [1.29, 1.82) is 0 Å². The van der Waals surface area contributed by atoms with Gasteiger partial charge in [-0.05, 0) is 59.9 Å². The first-order valence-corrected chi connectivity index (χ1v) is 10.2. The minimum atomic E-state index is 0.678. The van der Waals surface area contributed by atoms with Gasteiger partial charge in [0.25, 0.3) is 0 Å². The summed E-state index contributed by atoms with van der Waals surface area (Å²) in [4.78, 5) is 0. The predicted octanol–water partition coefficient (Wildman–Crippen LogP) is 8.05. The zero-order valence-corrected chi connectivity index (χ0v) is 17.4. The molecule has 0 saturated heterocycles. The molecule has 0 bridgehead atoms. The van der Waals surface area contributed by atoms with Crippen molar-refractivity contribution >= 4 is 11.6 Å². The second-order valence-corrected chi connectivity index (χ2v) is 7.50. The molecule has 2 heteroatoms. The molecule has 0 saturated carbocycles. The average Bonchev–Trinajstić information content (AvgIpc) is 2.75. The van der Waals surface area contributed by atoms with E-state index in [0.717, 1.165) is 27.5 Å². The maximum absolute atomic E-state index is 6.64. The van der Waals surface area contributed by atoms with E-state index in [1.165, 1.54) is 22.3 Å². The molecule has 0 aromatic heterocycles. The number of halogens is 1. The number of ether oxygens (including phenoxy) is 1. The molecule has 0 fully saturated rings. The first kappa shape index (κ1) is 19.3. The Morgan fingerprint density at radius 1 is 0.621 bits per heavy atom. The van der Waals surface area contributed by atoms with Crippen molar-refractivity contribution in [3.63, 3.8) is 0 Å². The zero-order valence-electron chi connectivity index (χ0n) is 16.7. The van der Waals surface area contributed by atoms with Gasteiger partial charge in [0, 0.05) is 10.6 Å². The summed E-state index contributed by atoms with van der Waals surface area (Å²) < 4.78 is 5.52. The summed E-state index contributed by atoms with van der Waals surface area (Å²) in [5.74, 6) is 0.897. The smallest absolute Gasteiger partial charge is 0.119 e. The van der Waals surface area contributed by atoms with E-state index in [1.807, 2.05) is 25.1 Å². The Kier molecular flexibility index (Phi) is 5.69. The van der Waals surface area contributed by atoms with Gasteiger partial charge in [0.15, 0.2) is 0 Å². The molecule has 0 amide bonds. The number of rotatable bonds is 5. The molecule has 4 aromatic rings. The second-order valence-electron chi connectivity index (χ2n) is 7.10. The van der Waals surface area contributed by atoms with Crippen LogP contribution in [0.15, 0.2) is 91.0 Å². The number of aryl methyl sites for hydroxylation is 1. The monoisotopic (exact) mass is 398 g/mol. The number of benzene rings is 4. The lowest BCUT2D eigenvalue weighted by Gasteiger charge is -2.10. The van der Waals surface area contributed by atoms with E-state index in [1.54, 1.807) is 0 Å². The van der Waals surface area contributed by atoms with Crippen molar-refractivity contribution < 1.29 is 4.74 Å². The van der Waals surface area contributed by atoms with E-state index in [0.29, 0.717) is 6.61 Å². The molecule has 0 atom stereocenters. The Bertz CT molecular complexity index is 1090. The molecule has 0 N–H and O–H groups in total. The van der Waals surface area contributed by atoms with Crippen LogP contribution < -0.4 is 4.74 Å². The van der Waals surface area contributed by atoms with Gasteiger partial charge in [-0.25, -0.2) is 0 Å². The van der Waals surface area contributed by atoms with Crippen LogP contribution in [0.1, 0.15) is 12.5 Å². The molecule has 0 aliphatic rings. The van der Waals surface area contributed by atoms with E-state index in [9.17, 15) is 0 Å². The Morgan fingerprint density at radius 2 is 1.10 bits per heavy atom. The van der Waals surface area contributed by atoms with Gasteiger partial charge in [-0.2, -0.15) is 0 Å². The van der Waals surface area contributed by atoms with Crippen LogP contribution >= 0.6 is 11.6 Å². The first-order chi connectivity index (χ1) is 14.1. The van der Waals surface area contributed by atoms with E-state index in [2.05, 4.69) is 79.7 Å². The molecule has 0 spiro atoms. The number of hydrogen-bond acceptors (Lipinski definition) is 1. The topological polar surface area (TPSA) is 9.23 Å². The Balaban J connectivity index is 1.58. The third kappa shape index (κ3) is 4.36. The highest BCUT2D eigenvalue weighted by atomic mass is 35.5. The van der Waals surface area contributed by atoms with Crippen LogP contribution in [0.3, 0.4) is 0 Å². The van der Waals surface area contributed by atoms with Crippen molar-refractivity contribution in [3.8, 4) is 39.1 Å². The Hall–Kier alpha value is -3.03. The molecule has 0 aliphatic heterocycles. The summed E-state index contributed by atoms with van der Waals surface area (Å²) in [5.41, 5.74) is 8.05. The highest BCUT2D eigenvalue weighted by molar-refractivity contribution is 6.33. The van der Waals surface area contributed by atoms with Crippen LogP contribution in [0.4, 0.5) is 0 Å². The van der Waals surface area contributed by atoms with Crippen LogP contribution in [-0.2, 0) is 0 Å². The van der Waals surface area contributed by atoms with Gasteiger partial charge in [-0.1, -0.05) is 90.0 Å². The first-order valence-electron chi connectivity index (χ1n) is 9.84. The Morgan fingerprint density at radius 3 is 1.69 bits per heavy atom. The summed E-state index contributed by atoms with van der Waals surface area (Å²) in [5, 5.41) is 0.761. The molecular weight excluding hydrogens is 376 g/mol. The van der Waals surface area contributed by atoms with Gasteiger partial charge in [0.2, 0.25) is 0 Å². The predicted molar refractivity (Wildman–Crippen MR) is 124 cm³/mol. The summed E-state index contributed by atoms with van der Waals surface area (Å²) in [6.07, 6.45) is 0. The van der Waals surface area contributed by atoms with E-state index in [4.69, 9.17) is 16.3 Å². The highest BCUT2D eigenvalue weighted by Gasteiger charge is 2.07. The molecule has 4 rings (SSSR count). The quantitative estimate of drug-likeness (QED) is 0.330. The summed E-state index contributed by atoms with van der Waals surface area (Å²) in [7, 11) is 0. The van der Waals surface area contributed by atoms with Gasteiger partial charge in [-0.3, -0.25) is 0 Å². The van der Waals surface area contributed by atoms with Gasteiger partial charge >= 0.3 is 0 Å². The molecule has 0 radical (unpaired) electrons. The van der Waals surface area contributed by atoms with Crippen molar-refractivity contribution in [2.75, 3.05) is 6.61 Å². The van der Waals surface area contributed by atoms with Gasteiger partial charge in [0.1, 0.15) is 5.75 Å². The van der Waals surface area contributed by atoms with Crippen LogP contribution in [0.2, 0.25) is 5.02 Å². The van der Waals surface area contributed by atoms with E-state index >= 15 is 0 Å². The minimum absolute atomic E-state index is 0.678. The zero-order chi connectivity index (χ0) is 20.2. The molecule has 29 heavy (non-hydrogen) atoms. The minimum Gasteiger partial charge on any atom is -0.494 e. The fourth-order valence-corrected chi connectivity index (χ4v) is 3.72. The van der Waals surface area contributed by atoms with Crippen molar-refractivity contribution in [1.82, 2.24) is 0 Å². The molecular formula is C27H23ClO. The van der Waals surface area contributed by atoms with Gasteiger partial charge in [0.05, 0.1) is 6.61 Å². The van der Waals surface area contributed by atoms with Crippen molar-refractivity contribution in [3.05, 3.63) is 102 Å². The maximum atomic E-state index is 6.64. The number of hydrogen-bond donors (Lipinski definition) is 0. The third-order valence-electron chi connectivity index (χ3n) is 5.05. The summed E-state index contributed by atoms with van der Waals surface area (Å²) >= 11 is 6.64.